The Kier molecular flexibility index (Phi) is 4.75. The van der Waals surface area contributed by atoms with E-state index in [1.807, 2.05) is 0 Å². The van der Waals surface area contributed by atoms with Crippen molar-refractivity contribution >= 4 is 5.91 Å². The van der Waals surface area contributed by atoms with Crippen molar-refractivity contribution in [2.24, 2.45) is 22.8 Å². The number of nitrogens with zero attached hydrogens (tertiary/aromatic N) is 1. The predicted octanol–water partition coefficient (Wildman–Crippen LogP) is 1.87. The highest BCUT2D eigenvalue weighted by atomic mass is 16.1. The zero-order chi connectivity index (χ0) is 14.8. The molecule has 1 aliphatic carbocycles. The number of nitrogens with two attached hydrogens (primary N) is 2. The van der Waals surface area contributed by atoms with E-state index in [-0.39, 0.29) is 11.8 Å². The second kappa shape index (κ2) is 6.02. The van der Waals surface area contributed by atoms with Crippen molar-refractivity contribution < 1.29 is 4.79 Å². The molecule has 0 bridgehead atoms. The number of hydrogen-bond donors (Lipinski definition) is 2. The average Bonchev–Trinajstić information content (AvgIpc) is 3.02. The van der Waals surface area contributed by atoms with E-state index >= 15 is 0 Å². The first-order chi connectivity index (χ1) is 9.46. The van der Waals surface area contributed by atoms with E-state index < -0.39 is 5.54 Å². The molecule has 1 saturated carbocycles. The first kappa shape index (κ1) is 15.8. The summed E-state index contributed by atoms with van der Waals surface area (Å²) < 4.78 is 0. The molecular weight excluding hydrogens is 250 g/mol. The van der Waals surface area contributed by atoms with Gasteiger partial charge in [-0.2, -0.15) is 0 Å². The Hall–Kier alpha value is -0.610. The van der Waals surface area contributed by atoms with Gasteiger partial charge in [-0.3, -0.25) is 4.79 Å². The Morgan fingerprint density at radius 1 is 1.30 bits per heavy atom. The highest BCUT2D eigenvalue weighted by Gasteiger charge is 2.44. The maximum Gasteiger partial charge on any atom is 0.237 e. The Bertz CT molecular complexity index is 354. The van der Waals surface area contributed by atoms with Crippen molar-refractivity contribution in [3.8, 4) is 0 Å². The molecular formula is C16H31N3O. The van der Waals surface area contributed by atoms with Crippen LogP contribution in [0, 0.1) is 11.3 Å². The summed E-state index contributed by atoms with van der Waals surface area (Å²) in [5.41, 5.74) is 11.5. The molecule has 1 aliphatic heterocycles. The third-order valence-corrected chi connectivity index (χ3v) is 6.14. The molecule has 2 atom stereocenters. The maximum absolute atomic E-state index is 11.6. The predicted molar refractivity (Wildman–Crippen MR) is 82.1 cm³/mol. The van der Waals surface area contributed by atoms with Gasteiger partial charge in [-0.15, -0.1) is 0 Å². The van der Waals surface area contributed by atoms with Crippen LogP contribution in [-0.4, -0.2) is 36.0 Å². The summed E-state index contributed by atoms with van der Waals surface area (Å²) >= 11 is 0. The molecule has 0 aromatic heterocycles. The Morgan fingerprint density at radius 3 is 2.55 bits per heavy atom. The highest BCUT2D eigenvalue weighted by molar-refractivity contribution is 5.85. The van der Waals surface area contributed by atoms with E-state index in [2.05, 4.69) is 18.7 Å². The molecule has 2 fully saturated rings. The van der Waals surface area contributed by atoms with E-state index in [0.717, 1.165) is 32.2 Å². The topological polar surface area (TPSA) is 72.3 Å². The van der Waals surface area contributed by atoms with Crippen molar-refractivity contribution in [3.63, 3.8) is 0 Å². The summed E-state index contributed by atoms with van der Waals surface area (Å²) in [7, 11) is 0. The number of rotatable bonds is 6. The lowest BCUT2D eigenvalue weighted by Gasteiger charge is -2.30. The van der Waals surface area contributed by atoms with Gasteiger partial charge in [0, 0.05) is 6.54 Å². The van der Waals surface area contributed by atoms with Crippen molar-refractivity contribution in [2.45, 2.75) is 64.3 Å². The fraction of sp³-hybridized carbons (Fsp3) is 0.938. The van der Waals surface area contributed by atoms with Gasteiger partial charge in [-0.25, -0.2) is 0 Å². The average molecular weight is 281 g/mol. The maximum atomic E-state index is 11.6. The molecule has 4 nitrogen and oxygen atoms in total. The molecule has 0 spiro atoms. The number of carbonyl (C=O) groups is 1. The number of hydrogen-bond acceptors (Lipinski definition) is 3. The fourth-order valence-corrected chi connectivity index (χ4v) is 4.21. The number of carbonyl (C=O) groups excluding carboxylic acids is 1. The minimum Gasteiger partial charge on any atom is -0.368 e. The summed E-state index contributed by atoms with van der Waals surface area (Å²) in [5.74, 6) is -0.0314. The second-order valence-electron chi connectivity index (χ2n) is 7.02. The molecule has 0 radical (unpaired) electrons. The van der Waals surface area contributed by atoms with Crippen LogP contribution >= 0.6 is 0 Å². The van der Waals surface area contributed by atoms with Gasteiger partial charge < -0.3 is 16.4 Å². The zero-order valence-electron chi connectivity index (χ0n) is 13.2. The van der Waals surface area contributed by atoms with Crippen LogP contribution in [0.4, 0.5) is 0 Å². The molecule has 116 valence electrons. The zero-order valence-corrected chi connectivity index (χ0v) is 13.2. The van der Waals surface area contributed by atoms with Gasteiger partial charge in [-0.05, 0) is 62.9 Å². The number of amides is 1. The Morgan fingerprint density at radius 2 is 2.00 bits per heavy atom. The van der Waals surface area contributed by atoms with Crippen LogP contribution in [0.5, 0.6) is 0 Å². The van der Waals surface area contributed by atoms with Crippen molar-refractivity contribution in [2.75, 3.05) is 19.6 Å². The summed E-state index contributed by atoms with van der Waals surface area (Å²) in [6.07, 6.45) is 7.73. The monoisotopic (exact) mass is 281 g/mol. The van der Waals surface area contributed by atoms with E-state index in [4.69, 9.17) is 11.5 Å². The van der Waals surface area contributed by atoms with E-state index in [1.54, 1.807) is 0 Å². The van der Waals surface area contributed by atoms with Crippen LogP contribution < -0.4 is 11.5 Å². The van der Waals surface area contributed by atoms with Gasteiger partial charge in [0.1, 0.15) is 0 Å². The molecule has 1 amide bonds. The van der Waals surface area contributed by atoms with Gasteiger partial charge in [0.25, 0.3) is 0 Å². The first-order valence-corrected chi connectivity index (χ1v) is 8.27. The summed E-state index contributed by atoms with van der Waals surface area (Å²) in [4.78, 5) is 14.2. The lowest BCUT2D eigenvalue weighted by Crippen LogP contribution is -2.55. The molecule has 0 aromatic rings. The van der Waals surface area contributed by atoms with Crippen molar-refractivity contribution in [1.29, 1.82) is 0 Å². The number of primary amides is 1. The Labute approximate surface area is 123 Å². The molecule has 2 rings (SSSR count). The van der Waals surface area contributed by atoms with E-state index in [0.29, 0.717) is 5.41 Å². The van der Waals surface area contributed by atoms with Crippen molar-refractivity contribution in [1.82, 2.24) is 4.90 Å². The van der Waals surface area contributed by atoms with Gasteiger partial charge in [0.05, 0.1) is 5.54 Å². The SMILES string of the molecule is CCC1(CC)CCN(CCC2CCCC2(N)C(N)=O)C1. The summed E-state index contributed by atoms with van der Waals surface area (Å²) in [5, 5.41) is 0. The first-order valence-electron chi connectivity index (χ1n) is 8.27. The molecule has 2 aliphatic rings. The fourth-order valence-electron chi connectivity index (χ4n) is 4.21. The van der Waals surface area contributed by atoms with Gasteiger partial charge in [0.2, 0.25) is 5.91 Å². The summed E-state index contributed by atoms with van der Waals surface area (Å²) in [6.45, 7) is 8.09. The third kappa shape index (κ3) is 2.86. The van der Waals surface area contributed by atoms with Gasteiger partial charge in [-0.1, -0.05) is 20.3 Å². The van der Waals surface area contributed by atoms with E-state index in [9.17, 15) is 4.79 Å². The Balaban J connectivity index is 1.86. The molecule has 4 heteroatoms. The summed E-state index contributed by atoms with van der Waals surface area (Å²) in [6, 6.07) is 0. The van der Waals surface area contributed by atoms with Crippen LogP contribution in [0.2, 0.25) is 0 Å². The normalized spacial score (nSPS) is 33.6. The van der Waals surface area contributed by atoms with Crippen LogP contribution in [0.25, 0.3) is 0 Å². The molecule has 4 N–H and O–H groups in total. The van der Waals surface area contributed by atoms with Crippen LogP contribution in [0.15, 0.2) is 0 Å². The van der Waals surface area contributed by atoms with Crippen molar-refractivity contribution in [3.05, 3.63) is 0 Å². The highest BCUT2D eigenvalue weighted by Crippen LogP contribution is 2.39. The second-order valence-corrected chi connectivity index (χ2v) is 7.02. The van der Waals surface area contributed by atoms with Gasteiger partial charge >= 0.3 is 0 Å². The van der Waals surface area contributed by atoms with Crippen LogP contribution in [-0.2, 0) is 4.79 Å². The minimum atomic E-state index is -0.744. The lowest BCUT2D eigenvalue weighted by atomic mass is 9.82. The van der Waals surface area contributed by atoms with Gasteiger partial charge in [0.15, 0.2) is 0 Å². The smallest absolute Gasteiger partial charge is 0.237 e. The number of likely N-dealkylation sites (tertiary alicyclic amines) is 1. The van der Waals surface area contributed by atoms with E-state index in [1.165, 1.54) is 32.4 Å². The standard InChI is InChI=1S/C16H31N3O/c1-3-15(4-2)9-11-19(12-15)10-7-13-6-5-8-16(13,18)14(17)20/h13H,3-12,18H2,1-2H3,(H2,17,20). The molecule has 0 aromatic carbocycles. The molecule has 1 heterocycles. The van der Waals surface area contributed by atoms with Crippen LogP contribution in [0.3, 0.4) is 0 Å². The quantitative estimate of drug-likeness (QED) is 0.780. The molecule has 2 unspecified atom stereocenters. The minimum absolute atomic E-state index is 0.276. The molecule has 20 heavy (non-hydrogen) atoms. The third-order valence-electron chi connectivity index (χ3n) is 6.14. The molecule has 1 saturated heterocycles. The van der Waals surface area contributed by atoms with Crippen LogP contribution in [0.1, 0.15) is 58.8 Å². The lowest BCUT2D eigenvalue weighted by molar-refractivity contribution is -0.124. The largest absolute Gasteiger partial charge is 0.368 e.